The molecule has 1 aliphatic heterocycles. The number of nitrogens with zero attached hydrogens (tertiary/aromatic N) is 4. The van der Waals surface area contributed by atoms with Crippen molar-refractivity contribution in [3.63, 3.8) is 0 Å². The Bertz CT molecular complexity index is 1630. The zero-order valence-electron chi connectivity index (χ0n) is 21.8. The Hall–Kier alpha value is -4.31. The van der Waals surface area contributed by atoms with Crippen molar-refractivity contribution in [1.29, 1.82) is 5.26 Å². The van der Waals surface area contributed by atoms with Crippen LogP contribution in [-0.2, 0) is 16.0 Å². The van der Waals surface area contributed by atoms with Crippen LogP contribution in [0.5, 0.6) is 11.5 Å². The monoisotopic (exact) mass is 567 g/mol. The summed E-state index contributed by atoms with van der Waals surface area (Å²) in [5.74, 6) is -1.39. The number of ether oxygens (including phenoxy) is 3. The minimum atomic E-state index is -3.74. The summed E-state index contributed by atoms with van der Waals surface area (Å²) < 4.78 is 58.8. The molecule has 41 heavy (non-hydrogen) atoms. The Kier molecular flexibility index (Phi) is 5.38. The maximum atomic E-state index is 14.9. The van der Waals surface area contributed by atoms with Gasteiger partial charge in [0.2, 0.25) is 0 Å². The number of aromatic nitrogens is 3. The normalized spacial score (nSPS) is 27.1. The van der Waals surface area contributed by atoms with E-state index in [0.717, 1.165) is 18.2 Å². The molecule has 212 valence electrons. The van der Waals surface area contributed by atoms with Crippen LogP contribution in [0.4, 0.5) is 18.9 Å². The van der Waals surface area contributed by atoms with Crippen molar-refractivity contribution >= 4 is 11.7 Å². The number of nitrogens with one attached hydrogen (secondary N) is 1. The molecule has 5 aliphatic rings. The first-order valence-electron chi connectivity index (χ1n) is 13.3. The highest BCUT2D eigenvalue weighted by Crippen LogP contribution is 2.70. The van der Waals surface area contributed by atoms with Crippen molar-refractivity contribution in [3.05, 3.63) is 58.8 Å². The van der Waals surface area contributed by atoms with Gasteiger partial charge in [0.25, 0.3) is 0 Å². The van der Waals surface area contributed by atoms with E-state index in [1.54, 1.807) is 13.0 Å². The van der Waals surface area contributed by atoms with Crippen molar-refractivity contribution < 1.29 is 37.3 Å². The van der Waals surface area contributed by atoms with Gasteiger partial charge in [-0.2, -0.15) is 10.4 Å². The highest BCUT2D eigenvalue weighted by molar-refractivity contribution is 5.79. The molecule has 0 unspecified atom stereocenters. The van der Waals surface area contributed by atoms with Crippen LogP contribution in [0.2, 0.25) is 0 Å². The van der Waals surface area contributed by atoms with Crippen LogP contribution in [0, 0.1) is 22.6 Å². The van der Waals surface area contributed by atoms with E-state index in [1.807, 2.05) is 0 Å². The van der Waals surface area contributed by atoms with E-state index >= 15 is 0 Å². The maximum Gasteiger partial charge on any atom is 0.586 e. The summed E-state index contributed by atoms with van der Waals surface area (Å²) in [5, 5.41) is 26.8. The molecule has 2 N–H and O–H groups in total. The summed E-state index contributed by atoms with van der Waals surface area (Å²) in [4.78, 5) is 15.8. The van der Waals surface area contributed by atoms with Gasteiger partial charge >= 0.3 is 12.3 Å². The maximum absolute atomic E-state index is 14.9. The number of hydrogen-bond donors (Lipinski definition) is 2. The molecule has 8 rings (SSSR count). The van der Waals surface area contributed by atoms with Gasteiger partial charge in [-0.25, -0.2) is 14.1 Å². The summed E-state index contributed by atoms with van der Waals surface area (Å²) >= 11 is 0. The minimum Gasteiger partial charge on any atom is -0.481 e. The highest BCUT2D eigenvalue weighted by atomic mass is 19.3. The van der Waals surface area contributed by atoms with Crippen molar-refractivity contribution in [2.75, 3.05) is 5.32 Å². The van der Waals surface area contributed by atoms with Crippen molar-refractivity contribution in [2.45, 2.75) is 69.5 Å². The van der Waals surface area contributed by atoms with E-state index in [0.29, 0.717) is 43.4 Å². The predicted octanol–water partition coefficient (Wildman–Crippen LogP) is 5.17. The van der Waals surface area contributed by atoms with Gasteiger partial charge in [0.1, 0.15) is 12.2 Å². The fraction of sp³-hybridized carbons (Fsp3) is 0.429. The van der Waals surface area contributed by atoms with Crippen LogP contribution in [0.1, 0.15) is 73.7 Å². The van der Waals surface area contributed by atoms with Crippen molar-refractivity contribution in [3.8, 4) is 23.4 Å². The second-order valence-electron chi connectivity index (χ2n) is 11.3. The Labute approximate surface area is 231 Å². The molecule has 0 saturated heterocycles. The molecule has 1 aromatic carbocycles. The number of carboxylic acids is 1. The molecule has 13 heteroatoms. The van der Waals surface area contributed by atoms with Crippen LogP contribution < -0.4 is 14.8 Å². The molecule has 4 aliphatic carbocycles. The number of anilines is 1. The third kappa shape index (κ3) is 4.00. The number of benzene rings is 1. The SMILES string of the molecule is C[C@H](Nc1cc(-n2nc(C#N)c3c2[C@@H](OC24CC(C(=O)O)(C2)C4)CCC3)ncc1F)c1ccc2c(c1)OC(F)(F)O2. The average molecular weight is 568 g/mol. The lowest BCUT2D eigenvalue weighted by atomic mass is 9.41. The van der Waals surface area contributed by atoms with Gasteiger partial charge in [-0.1, -0.05) is 6.07 Å². The van der Waals surface area contributed by atoms with Crippen LogP contribution in [0.15, 0.2) is 30.5 Å². The Morgan fingerprint density at radius 2 is 2.02 bits per heavy atom. The average Bonchev–Trinajstić information content (AvgIpc) is 3.42. The van der Waals surface area contributed by atoms with Crippen molar-refractivity contribution in [2.24, 2.45) is 5.41 Å². The molecule has 0 spiro atoms. The van der Waals surface area contributed by atoms with E-state index in [-0.39, 0.29) is 28.7 Å². The van der Waals surface area contributed by atoms with Gasteiger partial charge in [0.05, 0.1) is 28.6 Å². The van der Waals surface area contributed by atoms with Gasteiger partial charge in [0.15, 0.2) is 28.8 Å². The Morgan fingerprint density at radius 1 is 1.27 bits per heavy atom. The van der Waals surface area contributed by atoms with Gasteiger partial charge in [-0.05, 0) is 63.1 Å². The van der Waals surface area contributed by atoms with Crippen LogP contribution >= 0.6 is 0 Å². The first-order chi connectivity index (χ1) is 19.5. The summed E-state index contributed by atoms with van der Waals surface area (Å²) in [6, 6.07) is 7.42. The summed E-state index contributed by atoms with van der Waals surface area (Å²) in [6.45, 7) is 1.73. The lowest BCUT2D eigenvalue weighted by Gasteiger charge is -2.67. The number of fused-ring (bicyclic) bond motifs is 2. The molecule has 0 radical (unpaired) electrons. The molecule has 2 aromatic heterocycles. The van der Waals surface area contributed by atoms with E-state index in [4.69, 9.17) is 4.74 Å². The fourth-order valence-electron chi connectivity index (χ4n) is 6.57. The van der Waals surface area contributed by atoms with E-state index < -0.39 is 41.2 Å². The Balaban J connectivity index is 1.17. The zero-order chi connectivity index (χ0) is 28.7. The third-order valence-corrected chi connectivity index (χ3v) is 8.51. The first kappa shape index (κ1) is 25.6. The first-order valence-corrected chi connectivity index (χ1v) is 13.3. The number of hydrogen-bond acceptors (Lipinski definition) is 8. The second-order valence-corrected chi connectivity index (χ2v) is 11.3. The molecular weight excluding hydrogens is 543 g/mol. The largest absolute Gasteiger partial charge is 0.586 e. The molecule has 3 heterocycles. The third-order valence-electron chi connectivity index (χ3n) is 8.51. The quantitative estimate of drug-likeness (QED) is 0.397. The molecule has 2 bridgehead atoms. The summed E-state index contributed by atoms with van der Waals surface area (Å²) in [7, 11) is 0. The summed E-state index contributed by atoms with van der Waals surface area (Å²) in [6.07, 6.45) is 0.314. The van der Waals surface area contributed by atoms with E-state index in [1.165, 1.54) is 22.9 Å². The number of rotatable bonds is 7. The molecule has 3 fully saturated rings. The number of halogens is 3. The van der Waals surface area contributed by atoms with Crippen LogP contribution in [-0.4, -0.2) is 37.7 Å². The lowest BCUT2D eigenvalue weighted by Crippen LogP contribution is -2.71. The zero-order valence-corrected chi connectivity index (χ0v) is 21.8. The molecule has 3 saturated carbocycles. The van der Waals surface area contributed by atoms with Gasteiger partial charge in [0, 0.05) is 17.7 Å². The van der Waals surface area contributed by atoms with Gasteiger partial charge in [-0.3, -0.25) is 4.79 Å². The molecule has 10 nitrogen and oxygen atoms in total. The number of aliphatic carboxylic acids is 1. The second kappa shape index (κ2) is 8.59. The summed E-state index contributed by atoms with van der Waals surface area (Å²) in [5.41, 5.74) is 1.10. The lowest BCUT2D eigenvalue weighted by molar-refractivity contribution is -0.300. The van der Waals surface area contributed by atoms with Gasteiger partial charge in [-0.15, -0.1) is 8.78 Å². The topological polar surface area (TPSA) is 132 Å². The Morgan fingerprint density at radius 3 is 2.76 bits per heavy atom. The molecular formula is C28H24F3N5O5. The molecule has 0 amide bonds. The number of carboxylic acid groups (broad SMARTS) is 1. The van der Waals surface area contributed by atoms with Gasteiger partial charge < -0.3 is 24.6 Å². The number of carbonyl (C=O) groups is 1. The predicted molar refractivity (Wildman–Crippen MR) is 134 cm³/mol. The van der Waals surface area contributed by atoms with E-state index in [9.17, 15) is 28.3 Å². The van der Waals surface area contributed by atoms with Crippen molar-refractivity contribution in [1.82, 2.24) is 14.8 Å². The fourth-order valence-corrected chi connectivity index (χ4v) is 6.57. The standard InChI is InChI=1S/C28H24F3N5O5/c1-14(15-5-6-20-22(7-15)41-28(30,31)40-20)34-18-8-23(33-10-17(18)29)36-24-16(19(9-32)35-36)3-2-4-21(24)39-27-11-26(12-27,13-27)25(37)38/h5-8,10,14,21H,2-4,11-13H2,1H3,(H,33,34)(H,37,38)/t14-,21-,26?,27?/m0/s1. The number of alkyl halides is 2. The number of pyridine rings is 1. The molecule has 3 aromatic rings. The van der Waals surface area contributed by atoms with E-state index in [2.05, 4.69) is 30.9 Å². The minimum absolute atomic E-state index is 0.0874. The van der Waals surface area contributed by atoms with Crippen LogP contribution in [0.25, 0.3) is 5.82 Å². The molecule has 2 atom stereocenters. The highest BCUT2D eigenvalue weighted by Gasteiger charge is 2.73. The van der Waals surface area contributed by atoms with Crippen LogP contribution in [0.3, 0.4) is 0 Å². The number of nitriles is 1. The smallest absolute Gasteiger partial charge is 0.481 e.